The van der Waals surface area contributed by atoms with Crippen molar-refractivity contribution in [2.75, 3.05) is 0 Å². The summed E-state index contributed by atoms with van der Waals surface area (Å²) in [5.74, 6) is 0.617. The molecule has 0 aromatic rings. The molecule has 0 saturated carbocycles. The van der Waals surface area contributed by atoms with Gasteiger partial charge in [-0.1, -0.05) is 13.8 Å². The number of hydrogen-bond acceptors (Lipinski definition) is 2. The van der Waals surface area contributed by atoms with Crippen LogP contribution in [0.5, 0.6) is 0 Å². The minimum Gasteiger partial charge on any atom is -0.375 e. The Morgan fingerprint density at radius 1 is 1.64 bits per heavy atom. The molecule has 0 saturated heterocycles. The average molecular weight is 173 g/mol. The van der Waals surface area contributed by atoms with Gasteiger partial charge in [0.2, 0.25) is 0 Å². The Hall–Kier alpha value is -0.640. The van der Waals surface area contributed by atoms with Gasteiger partial charge in [-0.3, -0.25) is 5.43 Å². The largest absolute Gasteiger partial charge is 0.375 e. The summed E-state index contributed by atoms with van der Waals surface area (Å²) in [4.78, 5) is 0. The molecular formula is C7H15N3S. The Kier molecular flexibility index (Phi) is 4.77. The number of thiocarbonyl (C=S) groups is 1. The van der Waals surface area contributed by atoms with Gasteiger partial charge < -0.3 is 5.73 Å². The zero-order chi connectivity index (χ0) is 8.85. The van der Waals surface area contributed by atoms with E-state index in [-0.39, 0.29) is 5.11 Å². The van der Waals surface area contributed by atoms with E-state index < -0.39 is 0 Å². The summed E-state index contributed by atoms with van der Waals surface area (Å²) in [5, 5.41) is 4.18. The maximum atomic E-state index is 5.18. The van der Waals surface area contributed by atoms with Crippen LogP contribution in [0.25, 0.3) is 0 Å². The van der Waals surface area contributed by atoms with E-state index in [0.717, 1.165) is 12.1 Å². The highest BCUT2D eigenvalue weighted by Crippen LogP contribution is 1.99. The van der Waals surface area contributed by atoms with Crippen LogP contribution in [0.4, 0.5) is 0 Å². The standard InChI is InChI=1S/C7H15N3S/c1-5(2)4-6(3)9-10-7(8)11/h5H,4H2,1-3H3,(H3,8,10,11). The first kappa shape index (κ1) is 10.4. The second-order valence-electron chi connectivity index (χ2n) is 2.92. The Balaban J connectivity index is 3.72. The maximum Gasteiger partial charge on any atom is 0.184 e. The maximum absolute atomic E-state index is 5.18. The van der Waals surface area contributed by atoms with Crippen molar-refractivity contribution in [3.8, 4) is 0 Å². The summed E-state index contributed by atoms with van der Waals surface area (Å²) in [6.45, 7) is 6.23. The van der Waals surface area contributed by atoms with Crippen molar-refractivity contribution >= 4 is 23.0 Å². The van der Waals surface area contributed by atoms with Crippen molar-refractivity contribution in [2.45, 2.75) is 27.2 Å². The van der Waals surface area contributed by atoms with Crippen LogP contribution in [0.15, 0.2) is 5.10 Å². The molecule has 0 aromatic heterocycles. The lowest BCUT2D eigenvalue weighted by molar-refractivity contribution is 0.679. The summed E-state index contributed by atoms with van der Waals surface area (Å²) in [7, 11) is 0. The first-order chi connectivity index (χ1) is 5.02. The van der Waals surface area contributed by atoms with E-state index in [1.54, 1.807) is 0 Å². The summed E-state index contributed by atoms with van der Waals surface area (Å²) in [6.07, 6.45) is 0.968. The van der Waals surface area contributed by atoms with Crippen LogP contribution in [-0.4, -0.2) is 10.8 Å². The van der Waals surface area contributed by atoms with Crippen LogP contribution in [0.3, 0.4) is 0 Å². The van der Waals surface area contributed by atoms with Gasteiger partial charge in [0.05, 0.1) is 0 Å². The van der Waals surface area contributed by atoms with Crippen LogP contribution in [0, 0.1) is 5.92 Å². The molecule has 0 spiro atoms. The summed E-state index contributed by atoms with van der Waals surface area (Å²) >= 11 is 4.59. The fourth-order valence-electron chi connectivity index (χ4n) is 0.787. The highest BCUT2D eigenvalue weighted by Gasteiger charge is 1.96. The van der Waals surface area contributed by atoms with E-state index in [0.29, 0.717) is 5.92 Å². The molecule has 0 amide bonds. The first-order valence-electron chi connectivity index (χ1n) is 3.61. The van der Waals surface area contributed by atoms with Crippen molar-refractivity contribution in [3.63, 3.8) is 0 Å². The minimum atomic E-state index is 0.216. The van der Waals surface area contributed by atoms with Crippen molar-refractivity contribution < 1.29 is 0 Å². The number of hydrazone groups is 1. The molecule has 0 aliphatic rings. The molecule has 64 valence electrons. The third-order valence-electron chi connectivity index (χ3n) is 1.06. The molecular weight excluding hydrogens is 158 g/mol. The van der Waals surface area contributed by atoms with E-state index in [9.17, 15) is 0 Å². The van der Waals surface area contributed by atoms with E-state index in [2.05, 4.69) is 36.6 Å². The van der Waals surface area contributed by atoms with Gasteiger partial charge in [-0.2, -0.15) is 5.10 Å². The fraction of sp³-hybridized carbons (Fsp3) is 0.714. The van der Waals surface area contributed by atoms with Crippen molar-refractivity contribution in [2.24, 2.45) is 16.8 Å². The molecule has 0 bridgehead atoms. The molecule has 0 atom stereocenters. The molecule has 0 unspecified atom stereocenters. The first-order valence-corrected chi connectivity index (χ1v) is 4.01. The molecule has 3 nitrogen and oxygen atoms in total. The lowest BCUT2D eigenvalue weighted by Crippen LogP contribution is -2.25. The Morgan fingerprint density at radius 3 is 2.55 bits per heavy atom. The van der Waals surface area contributed by atoms with E-state index >= 15 is 0 Å². The van der Waals surface area contributed by atoms with Gasteiger partial charge in [-0.15, -0.1) is 0 Å². The molecule has 0 aliphatic heterocycles. The third-order valence-corrected chi connectivity index (χ3v) is 1.15. The van der Waals surface area contributed by atoms with E-state index in [4.69, 9.17) is 5.73 Å². The van der Waals surface area contributed by atoms with Crippen molar-refractivity contribution in [1.29, 1.82) is 0 Å². The van der Waals surface area contributed by atoms with Gasteiger partial charge in [-0.25, -0.2) is 0 Å². The predicted molar refractivity (Wildman–Crippen MR) is 52.5 cm³/mol. The lowest BCUT2D eigenvalue weighted by atomic mass is 10.1. The smallest absolute Gasteiger partial charge is 0.184 e. The Morgan fingerprint density at radius 2 is 2.18 bits per heavy atom. The van der Waals surface area contributed by atoms with Crippen molar-refractivity contribution in [1.82, 2.24) is 5.43 Å². The Bertz CT molecular complexity index is 163. The molecule has 0 heterocycles. The molecule has 4 heteroatoms. The van der Waals surface area contributed by atoms with Gasteiger partial charge >= 0.3 is 0 Å². The third kappa shape index (κ3) is 7.25. The van der Waals surface area contributed by atoms with Gasteiger partial charge in [0.15, 0.2) is 5.11 Å². The topological polar surface area (TPSA) is 50.4 Å². The number of rotatable bonds is 3. The number of nitrogens with one attached hydrogen (secondary N) is 1. The molecule has 0 aliphatic carbocycles. The molecule has 0 aromatic carbocycles. The Labute approximate surface area is 73.0 Å². The quantitative estimate of drug-likeness (QED) is 0.383. The monoisotopic (exact) mass is 173 g/mol. The summed E-state index contributed by atoms with van der Waals surface area (Å²) < 4.78 is 0. The van der Waals surface area contributed by atoms with Gasteiger partial charge in [0, 0.05) is 5.71 Å². The van der Waals surface area contributed by atoms with Crippen molar-refractivity contribution in [3.05, 3.63) is 0 Å². The van der Waals surface area contributed by atoms with Crippen LogP contribution in [0.1, 0.15) is 27.2 Å². The van der Waals surface area contributed by atoms with Gasteiger partial charge in [0.1, 0.15) is 0 Å². The predicted octanol–water partition coefficient (Wildman–Crippen LogP) is 1.24. The summed E-state index contributed by atoms with van der Waals surface area (Å²) in [6, 6.07) is 0. The van der Waals surface area contributed by atoms with Crippen LogP contribution in [0.2, 0.25) is 0 Å². The van der Waals surface area contributed by atoms with Crippen LogP contribution in [-0.2, 0) is 0 Å². The minimum absolute atomic E-state index is 0.216. The average Bonchev–Trinajstić information content (AvgIpc) is 1.82. The lowest BCUT2D eigenvalue weighted by Gasteiger charge is -2.03. The molecule has 0 rings (SSSR count). The van der Waals surface area contributed by atoms with E-state index in [1.807, 2.05) is 6.92 Å². The summed E-state index contributed by atoms with van der Waals surface area (Å²) in [5.41, 5.74) is 8.75. The number of hydrogen-bond donors (Lipinski definition) is 2. The van der Waals surface area contributed by atoms with Gasteiger partial charge in [-0.05, 0) is 31.5 Å². The van der Waals surface area contributed by atoms with Gasteiger partial charge in [0.25, 0.3) is 0 Å². The van der Waals surface area contributed by atoms with Crippen LogP contribution >= 0.6 is 12.2 Å². The second-order valence-corrected chi connectivity index (χ2v) is 3.36. The zero-order valence-electron chi connectivity index (χ0n) is 7.22. The number of nitrogens with two attached hydrogens (primary N) is 1. The normalized spacial score (nSPS) is 11.8. The van der Waals surface area contributed by atoms with E-state index in [1.165, 1.54) is 0 Å². The van der Waals surface area contributed by atoms with Crippen LogP contribution < -0.4 is 11.2 Å². The fourth-order valence-corrected chi connectivity index (χ4v) is 0.833. The molecule has 11 heavy (non-hydrogen) atoms. The molecule has 3 N–H and O–H groups in total. The second kappa shape index (κ2) is 5.07. The highest BCUT2D eigenvalue weighted by atomic mass is 32.1. The SMILES string of the molecule is CC(CC(C)C)=NNC(N)=S. The molecule has 0 radical (unpaired) electrons. The zero-order valence-corrected chi connectivity index (χ0v) is 8.03. The number of nitrogens with zero attached hydrogens (tertiary/aromatic N) is 1. The molecule has 0 fully saturated rings. The highest BCUT2D eigenvalue weighted by molar-refractivity contribution is 7.80.